The smallest absolute Gasteiger partial charge is 0.287 e. The van der Waals surface area contributed by atoms with Gasteiger partial charge in [0, 0.05) is 5.56 Å². The van der Waals surface area contributed by atoms with E-state index >= 15 is 0 Å². The predicted molar refractivity (Wildman–Crippen MR) is 90.3 cm³/mol. The molecule has 0 fully saturated rings. The van der Waals surface area contributed by atoms with Gasteiger partial charge in [0.15, 0.2) is 11.7 Å². The van der Waals surface area contributed by atoms with Crippen LogP contribution in [0.4, 0.5) is 8.78 Å². The molecule has 0 aliphatic rings. The highest BCUT2D eigenvalue weighted by Crippen LogP contribution is 2.08. The number of nitrogens with zero attached hydrogens (tertiary/aromatic N) is 3. The van der Waals surface area contributed by atoms with E-state index in [1.807, 2.05) is 0 Å². The number of amidine groups is 1. The zero-order chi connectivity index (χ0) is 18.4. The molecule has 1 aromatic heterocycles. The number of H-pyrrole nitrogens is 1. The molecule has 0 saturated heterocycles. The van der Waals surface area contributed by atoms with Crippen molar-refractivity contribution < 1.29 is 8.78 Å². The number of hydrogen-bond acceptors (Lipinski definition) is 6. The largest absolute Gasteiger partial charge is 0.396 e. The summed E-state index contributed by atoms with van der Waals surface area (Å²) in [6, 6.07) is 6.06. The molecule has 0 atom stereocenters. The number of rotatable bonds is 5. The molecule has 8 nitrogen and oxygen atoms in total. The van der Waals surface area contributed by atoms with Crippen LogP contribution in [0.3, 0.4) is 0 Å². The number of halogens is 2. The maximum absolute atomic E-state index is 13.7. The van der Waals surface area contributed by atoms with E-state index in [1.54, 1.807) is 18.2 Å². The summed E-state index contributed by atoms with van der Waals surface area (Å²) >= 11 is 0. The third-order valence-electron chi connectivity index (χ3n) is 3.10. The highest BCUT2D eigenvalue weighted by Gasteiger charge is 2.09. The molecule has 2 aromatic rings. The average molecular weight is 347 g/mol. The van der Waals surface area contributed by atoms with E-state index in [-0.39, 0.29) is 29.6 Å². The van der Waals surface area contributed by atoms with Gasteiger partial charge in [0.2, 0.25) is 5.82 Å². The fraction of sp³-hybridized carbons (Fsp3) is 0.0667. The lowest BCUT2D eigenvalue weighted by Gasteiger charge is -2.05. The fourth-order valence-corrected chi connectivity index (χ4v) is 1.81. The fourth-order valence-electron chi connectivity index (χ4n) is 1.81. The van der Waals surface area contributed by atoms with Crippen LogP contribution in [0.1, 0.15) is 11.4 Å². The molecule has 0 saturated carbocycles. The molecule has 0 unspecified atom stereocenters. The lowest BCUT2D eigenvalue weighted by molar-refractivity contribution is 0.599. The Hall–Kier alpha value is -3.56. The van der Waals surface area contributed by atoms with Gasteiger partial charge in [-0.25, -0.2) is 9.37 Å². The molecular formula is C15H15F2N7O. The van der Waals surface area contributed by atoms with E-state index in [2.05, 4.69) is 20.1 Å². The van der Waals surface area contributed by atoms with Crippen molar-refractivity contribution in [1.29, 1.82) is 0 Å². The lowest BCUT2D eigenvalue weighted by Crippen LogP contribution is -2.25. The second-order valence-electron chi connectivity index (χ2n) is 4.82. The normalized spacial score (nSPS) is 13.1. The number of hydrazone groups is 1. The predicted octanol–water partition coefficient (Wildman–Crippen LogP) is 0.220. The highest BCUT2D eigenvalue weighted by molar-refractivity contribution is 6.46. The summed E-state index contributed by atoms with van der Waals surface area (Å²) in [5.41, 5.74) is 10.8. The van der Waals surface area contributed by atoms with E-state index in [1.165, 1.54) is 12.1 Å². The molecule has 10 heteroatoms. The van der Waals surface area contributed by atoms with Crippen LogP contribution in [0.5, 0.6) is 0 Å². The van der Waals surface area contributed by atoms with E-state index in [0.29, 0.717) is 5.56 Å². The molecule has 2 rings (SSSR count). The molecule has 130 valence electrons. The van der Waals surface area contributed by atoms with Crippen molar-refractivity contribution in [2.75, 3.05) is 0 Å². The van der Waals surface area contributed by atoms with Gasteiger partial charge in [-0.15, -0.1) is 0 Å². The van der Waals surface area contributed by atoms with Gasteiger partial charge in [-0.2, -0.15) is 9.49 Å². The third-order valence-corrected chi connectivity index (χ3v) is 3.10. The van der Waals surface area contributed by atoms with Crippen LogP contribution >= 0.6 is 0 Å². The van der Waals surface area contributed by atoms with Crippen LogP contribution < -0.4 is 22.9 Å². The van der Waals surface area contributed by atoms with Gasteiger partial charge in [-0.05, 0) is 12.1 Å². The number of aliphatic imine (C=N–C) groups is 1. The minimum absolute atomic E-state index is 0.0463. The van der Waals surface area contributed by atoms with Crippen molar-refractivity contribution in [1.82, 2.24) is 9.97 Å². The van der Waals surface area contributed by atoms with Crippen molar-refractivity contribution in [3.8, 4) is 0 Å². The number of aromatic nitrogens is 2. The average Bonchev–Trinajstić information content (AvgIpc) is 2.61. The van der Waals surface area contributed by atoms with Crippen LogP contribution in [0.2, 0.25) is 0 Å². The number of aromatic amines is 1. The zero-order valence-electron chi connectivity index (χ0n) is 12.9. The van der Waals surface area contributed by atoms with Gasteiger partial charge in [-0.1, -0.05) is 18.2 Å². The van der Waals surface area contributed by atoms with Crippen molar-refractivity contribution in [2.24, 2.45) is 27.4 Å². The molecule has 0 radical (unpaired) electrons. The number of hydrogen-bond donors (Lipinski definition) is 4. The Bertz CT molecular complexity index is 918. The topological polar surface area (TPSA) is 149 Å². The Labute approximate surface area is 140 Å². The first-order valence-electron chi connectivity index (χ1n) is 6.96. The summed E-state index contributed by atoms with van der Waals surface area (Å²) in [5, 5.41) is 3.32. The van der Waals surface area contributed by atoms with Crippen molar-refractivity contribution in [3.05, 3.63) is 69.9 Å². The van der Waals surface area contributed by atoms with Crippen LogP contribution in [0, 0.1) is 11.6 Å². The molecular weight excluding hydrogens is 332 g/mol. The Morgan fingerprint density at radius 3 is 2.60 bits per heavy atom. The molecule has 0 amide bonds. The minimum atomic E-state index is -1.05. The van der Waals surface area contributed by atoms with E-state index < -0.39 is 17.2 Å². The molecule has 0 aliphatic carbocycles. The first kappa shape index (κ1) is 17.8. The number of benzene rings is 1. The molecule has 25 heavy (non-hydrogen) atoms. The second-order valence-corrected chi connectivity index (χ2v) is 4.82. The molecule has 1 heterocycles. The van der Waals surface area contributed by atoms with Gasteiger partial charge >= 0.3 is 0 Å². The van der Waals surface area contributed by atoms with Crippen LogP contribution in [0.15, 0.2) is 51.4 Å². The highest BCUT2D eigenvalue weighted by atomic mass is 19.1. The summed E-state index contributed by atoms with van der Waals surface area (Å²) in [4.78, 5) is 21.2. The van der Waals surface area contributed by atoms with Gasteiger partial charge in [0.25, 0.3) is 5.56 Å². The zero-order valence-corrected chi connectivity index (χ0v) is 12.9. The number of nitrogens with one attached hydrogen (secondary N) is 1. The SMILES string of the molecule is N/N=C(\N)C(C=C(N)c1ncc(F)c(=O)[nH]1)=NCc1ccccc1F. The Kier molecular flexibility index (Phi) is 5.56. The number of nitrogens with two attached hydrogens (primary N) is 3. The van der Waals surface area contributed by atoms with Crippen molar-refractivity contribution in [2.45, 2.75) is 6.54 Å². The molecule has 0 aliphatic heterocycles. The summed E-state index contributed by atoms with van der Waals surface area (Å²) in [7, 11) is 0. The second kappa shape index (κ2) is 7.81. The quantitative estimate of drug-likeness (QED) is 0.264. The van der Waals surface area contributed by atoms with Crippen molar-refractivity contribution >= 4 is 17.2 Å². The van der Waals surface area contributed by atoms with Gasteiger partial charge in [0.1, 0.15) is 11.5 Å². The molecule has 1 aromatic carbocycles. The first-order valence-corrected chi connectivity index (χ1v) is 6.96. The third kappa shape index (κ3) is 4.47. The van der Waals surface area contributed by atoms with Crippen molar-refractivity contribution in [3.63, 3.8) is 0 Å². The Morgan fingerprint density at radius 2 is 1.96 bits per heavy atom. The monoisotopic (exact) mass is 347 g/mol. The maximum Gasteiger partial charge on any atom is 0.287 e. The maximum atomic E-state index is 13.7. The van der Waals surface area contributed by atoms with Gasteiger partial charge < -0.3 is 22.3 Å². The Balaban J connectivity index is 2.37. The standard InChI is InChI=1S/C15H15F2N7O/c16-9-4-2-1-3-8(9)6-21-12(13(19)24-20)5-11(18)14-22-7-10(17)15(25)23-14/h1-5,7H,6,18,20H2,(H2,19,24)(H,22,23,25). The van der Waals surface area contributed by atoms with Crippen LogP contribution in [0.25, 0.3) is 5.70 Å². The molecule has 7 N–H and O–H groups in total. The molecule has 0 spiro atoms. The van der Waals surface area contributed by atoms with Crippen LogP contribution in [-0.4, -0.2) is 21.5 Å². The van der Waals surface area contributed by atoms with Crippen LogP contribution in [-0.2, 0) is 6.54 Å². The summed E-state index contributed by atoms with van der Waals surface area (Å²) in [5.74, 6) is 3.41. The van der Waals surface area contributed by atoms with E-state index in [4.69, 9.17) is 17.3 Å². The van der Waals surface area contributed by atoms with E-state index in [0.717, 1.165) is 6.20 Å². The minimum Gasteiger partial charge on any atom is -0.396 e. The summed E-state index contributed by atoms with van der Waals surface area (Å²) in [6.07, 6.45) is 1.97. The molecule has 0 bridgehead atoms. The first-order chi connectivity index (χ1) is 11.9. The summed E-state index contributed by atoms with van der Waals surface area (Å²) in [6.45, 7) is -0.0463. The van der Waals surface area contributed by atoms with E-state index in [9.17, 15) is 13.6 Å². The van der Waals surface area contributed by atoms with Gasteiger partial charge in [0.05, 0.1) is 18.4 Å². The lowest BCUT2D eigenvalue weighted by atomic mass is 10.2. The Morgan fingerprint density at radius 1 is 1.24 bits per heavy atom. The summed E-state index contributed by atoms with van der Waals surface area (Å²) < 4.78 is 26.6. The van der Waals surface area contributed by atoms with Gasteiger partial charge in [-0.3, -0.25) is 9.79 Å².